The second kappa shape index (κ2) is 22.3. The van der Waals surface area contributed by atoms with Gasteiger partial charge in [0.05, 0.1) is 11.1 Å². The molecule has 0 radical (unpaired) electrons. The fraction of sp³-hybridized carbons (Fsp3) is 0.271. The van der Waals surface area contributed by atoms with Gasteiger partial charge < -0.3 is 36.4 Å². The number of hydrogen-bond acceptors (Lipinski definition) is 11. The Morgan fingerprint density at radius 1 is 0.750 bits per heavy atom. The minimum atomic E-state index is -0.465. The zero-order valence-electron chi connectivity index (χ0n) is 36.3. The van der Waals surface area contributed by atoms with Crippen LogP contribution in [0.25, 0.3) is 0 Å². The number of nitrogens with one attached hydrogen (secondary N) is 4. The predicted molar refractivity (Wildman–Crippen MR) is 248 cm³/mol. The maximum atomic E-state index is 13.3. The molecule has 6 aromatic rings. The predicted octanol–water partition coefficient (Wildman–Crippen LogP) is 8.36. The van der Waals surface area contributed by atoms with Crippen LogP contribution in [-0.4, -0.2) is 75.3 Å². The van der Waals surface area contributed by atoms with Crippen LogP contribution in [0.15, 0.2) is 108 Å². The molecule has 3 aromatic heterocycles. The van der Waals surface area contributed by atoms with E-state index in [0.29, 0.717) is 45.7 Å². The number of carbonyl (C=O) groups is 2. The Morgan fingerprint density at radius 2 is 1.36 bits per heavy atom. The average molecular weight is 863 g/mol. The monoisotopic (exact) mass is 862 g/mol. The van der Waals surface area contributed by atoms with Gasteiger partial charge in [0.1, 0.15) is 11.6 Å². The van der Waals surface area contributed by atoms with Crippen LogP contribution < -0.4 is 31.9 Å². The first-order valence-corrected chi connectivity index (χ1v) is 20.8. The molecule has 0 saturated carbocycles. The van der Waals surface area contributed by atoms with Gasteiger partial charge in [-0.3, -0.25) is 4.90 Å². The number of likely N-dealkylation sites (tertiary alicyclic amines) is 1. The molecule has 64 heavy (non-hydrogen) atoms. The average Bonchev–Trinajstić information content (AvgIpc) is 3.80. The number of urea groups is 2. The summed E-state index contributed by atoms with van der Waals surface area (Å²) in [6.07, 6.45) is 11.6. The fourth-order valence-electron chi connectivity index (χ4n) is 6.12. The third kappa shape index (κ3) is 14.7. The van der Waals surface area contributed by atoms with Crippen molar-refractivity contribution in [2.45, 2.75) is 51.9 Å². The highest BCUT2D eigenvalue weighted by molar-refractivity contribution is 6.01. The van der Waals surface area contributed by atoms with Crippen LogP contribution in [0.5, 0.6) is 0 Å². The Labute approximate surface area is 372 Å². The number of rotatable bonds is 9. The fourth-order valence-corrected chi connectivity index (χ4v) is 6.12. The third-order valence-corrected chi connectivity index (χ3v) is 9.63. The van der Waals surface area contributed by atoms with Crippen molar-refractivity contribution in [1.82, 2.24) is 30.0 Å². The summed E-state index contributed by atoms with van der Waals surface area (Å²) < 4.78 is 18.6. The Hall–Kier alpha value is -7.82. The van der Waals surface area contributed by atoms with Crippen LogP contribution in [0.1, 0.15) is 74.5 Å². The minimum absolute atomic E-state index is 0.183. The summed E-state index contributed by atoms with van der Waals surface area (Å²) in [7, 11) is 1.63. The molecule has 1 saturated heterocycles. The lowest BCUT2D eigenvalue weighted by Gasteiger charge is -2.26. The van der Waals surface area contributed by atoms with Crippen LogP contribution in [0.3, 0.4) is 0 Å². The Balaban J connectivity index is 0.000000216. The van der Waals surface area contributed by atoms with E-state index in [1.807, 2.05) is 39.0 Å². The zero-order valence-corrected chi connectivity index (χ0v) is 36.3. The molecule has 0 unspecified atom stereocenters. The van der Waals surface area contributed by atoms with Crippen molar-refractivity contribution in [2.75, 3.05) is 65.1 Å². The van der Waals surface area contributed by atoms with Crippen molar-refractivity contribution in [3.8, 4) is 23.7 Å². The number of nitrogen functional groups attached to an aromatic ring is 1. The van der Waals surface area contributed by atoms with E-state index in [1.165, 1.54) is 55.5 Å². The van der Waals surface area contributed by atoms with E-state index >= 15 is 0 Å². The molecule has 3 aromatic carbocycles. The van der Waals surface area contributed by atoms with E-state index in [1.54, 1.807) is 74.3 Å². The number of nitrogens with two attached hydrogens (primary N) is 1. The SMILES string of the molecule is CN(C(=O)Nc1ccc(C#Cc2cnc(N)nc2)cc1)c1cc(C(C)(C)C)on1.O=C(Nc1cccc(F)c1)Nc1cccc(C#Cc2cnc(NCCCN3CCCCC3)nc2)c1. The Bertz CT molecular complexity index is 2600. The summed E-state index contributed by atoms with van der Waals surface area (Å²) in [5, 5.41) is 15.4. The maximum absolute atomic E-state index is 13.3. The molecule has 1 aliphatic rings. The standard InChI is InChI=1S/C27H29FN6O.C21H22N6O2/c28-23-8-5-10-25(18-23)33-27(35)32-24-9-4-7-21(17-24)11-12-22-19-30-26(31-20-22)29-13-6-16-34-14-2-1-3-15-34;1-21(2,3)17-11-18(26-29-17)27(4)20(28)25-16-9-7-14(8-10-16)5-6-15-12-23-19(22)24-13-15/h4-5,7-10,17-20H,1-3,6,13-16H2,(H,29,30,31)(H2,32,33,35);7-13H,1-4H3,(H,25,28)(H2,22,23,24). The number of aromatic nitrogens is 5. The smallest absolute Gasteiger partial charge is 0.327 e. The van der Waals surface area contributed by atoms with Crippen LogP contribution in [0.4, 0.5) is 48.8 Å². The van der Waals surface area contributed by atoms with Gasteiger partial charge in [0.2, 0.25) is 11.9 Å². The van der Waals surface area contributed by atoms with E-state index < -0.39 is 11.8 Å². The third-order valence-electron chi connectivity index (χ3n) is 9.63. The molecule has 1 fully saturated rings. The van der Waals surface area contributed by atoms with Crippen molar-refractivity contribution < 1.29 is 18.5 Å². The summed E-state index contributed by atoms with van der Waals surface area (Å²) in [6, 6.07) is 21.0. The molecule has 15 nitrogen and oxygen atoms in total. The molecule has 0 atom stereocenters. The van der Waals surface area contributed by atoms with Crippen LogP contribution in [-0.2, 0) is 5.41 Å². The lowest BCUT2D eigenvalue weighted by atomic mass is 9.93. The van der Waals surface area contributed by atoms with Gasteiger partial charge in [-0.1, -0.05) is 68.2 Å². The first-order valence-electron chi connectivity index (χ1n) is 20.8. The van der Waals surface area contributed by atoms with Gasteiger partial charge in [-0.05, 0) is 99.6 Å². The molecular weight excluding hydrogens is 812 g/mol. The molecule has 16 heteroatoms. The van der Waals surface area contributed by atoms with Gasteiger partial charge in [-0.15, -0.1) is 0 Å². The number of hydrogen-bond donors (Lipinski definition) is 5. The lowest BCUT2D eigenvalue weighted by molar-refractivity contribution is 0.228. The van der Waals surface area contributed by atoms with Crippen LogP contribution >= 0.6 is 0 Å². The normalized spacial score (nSPS) is 12.2. The molecule has 0 spiro atoms. The first kappa shape index (κ1) is 45.7. The van der Waals surface area contributed by atoms with Gasteiger partial charge >= 0.3 is 12.1 Å². The quantitative estimate of drug-likeness (QED) is 0.0693. The number of anilines is 6. The van der Waals surface area contributed by atoms with Crippen molar-refractivity contribution in [1.29, 1.82) is 0 Å². The summed E-state index contributed by atoms with van der Waals surface area (Å²) >= 11 is 0. The minimum Gasteiger partial charge on any atom is -0.368 e. The highest BCUT2D eigenvalue weighted by Crippen LogP contribution is 2.26. The van der Waals surface area contributed by atoms with Gasteiger partial charge in [-0.2, -0.15) is 0 Å². The van der Waals surface area contributed by atoms with Gasteiger partial charge in [0, 0.05) is 78.1 Å². The van der Waals surface area contributed by atoms with Gasteiger partial charge in [0.25, 0.3) is 0 Å². The summed E-state index contributed by atoms with van der Waals surface area (Å²) in [5.41, 5.74) is 9.75. The summed E-state index contributed by atoms with van der Waals surface area (Å²) in [5.74, 6) is 13.6. The summed E-state index contributed by atoms with van der Waals surface area (Å²) in [6.45, 7) is 10.4. The van der Waals surface area contributed by atoms with Gasteiger partial charge in [-0.25, -0.2) is 33.9 Å². The molecule has 328 valence electrons. The topological polar surface area (TPSA) is 192 Å². The van der Waals surface area contributed by atoms with E-state index in [4.69, 9.17) is 10.3 Å². The highest BCUT2D eigenvalue weighted by atomic mass is 19.1. The summed E-state index contributed by atoms with van der Waals surface area (Å²) in [4.78, 5) is 45.1. The van der Waals surface area contributed by atoms with Crippen molar-refractivity contribution >= 4 is 46.8 Å². The Kier molecular flexibility index (Phi) is 15.9. The zero-order chi connectivity index (χ0) is 45.3. The largest absolute Gasteiger partial charge is 0.368 e. The highest BCUT2D eigenvalue weighted by Gasteiger charge is 2.23. The molecule has 0 aliphatic carbocycles. The van der Waals surface area contributed by atoms with Crippen LogP contribution in [0, 0.1) is 29.5 Å². The van der Waals surface area contributed by atoms with E-state index in [-0.39, 0.29) is 17.4 Å². The maximum Gasteiger partial charge on any atom is 0.327 e. The molecule has 4 amide bonds. The molecule has 4 heterocycles. The molecule has 0 bridgehead atoms. The molecular formula is C48H51FN12O3. The number of halogens is 1. The Morgan fingerprint density at radius 3 is 2.00 bits per heavy atom. The molecule has 7 rings (SSSR count). The van der Waals surface area contributed by atoms with Gasteiger partial charge in [0.15, 0.2) is 5.82 Å². The number of carbonyl (C=O) groups excluding carboxylic acids is 2. The second-order valence-electron chi connectivity index (χ2n) is 15.8. The lowest BCUT2D eigenvalue weighted by Crippen LogP contribution is -2.31. The van der Waals surface area contributed by atoms with E-state index in [2.05, 4.69) is 74.9 Å². The molecule has 1 aliphatic heterocycles. The van der Waals surface area contributed by atoms with E-state index in [0.717, 1.165) is 30.6 Å². The number of benzene rings is 3. The van der Waals surface area contributed by atoms with Crippen molar-refractivity contribution in [2.24, 2.45) is 0 Å². The van der Waals surface area contributed by atoms with E-state index in [9.17, 15) is 14.0 Å². The molecule has 6 N–H and O–H groups in total. The number of amides is 4. The van der Waals surface area contributed by atoms with Crippen molar-refractivity contribution in [3.05, 3.63) is 137 Å². The van der Waals surface area contributed by atoms with Crippen molar-refractivity contribution in [3.63, 3.8) is 0 Å². The number of piperidine rings is 1. The number of nitrogens with zero attached hydrogens (tertiary/aromatic N) is 7. The second-order valence-corrected chi connectivity index (χ2v) is 15.8. The first-order chi connectivity index (χ1) is 30.9. The van der Waals surface area contributed by atoms with Crippen LogP contribution in [0.2, 0.25) is 0 Å².